The molecule has 0 spiro atoms. The summed E-state index contributed by atoms with van der Waals surface area (Å²) in [7, 11) is 0. The van der Waals surface area contributed by atoms with Gasteiger partial charge in [-0.25, -0.2) is 4.39 Å². The predicted octanol–water partition coefficient (Wildman–Crippen LogP) is 7.52. The molecule has 0 bridgehead atoms. The molecule has 2 atom stereocenters. The van der Waals surface area contributed by atoms with E-state index in [1.54, 1.807) is 18.2 Å². The summed E-state index contributed by atoms with van der Waals surface area (Å²) in [5, 5.41) is 8.60. The lowest BCUT2D eigenvalue weighted by atomic mass is 10.1. The Balaban J connectivity index is 1.52. The highest BCUT2D eigenvalue weighted by Gasteiger charge is 2.67. The van der Waals surface area contributed by atoms with Gasteiger partial charge in [0.25, 0.3) is 5.91 Å². The van der Waals surface area contributed by atoms with Crippen molar-refractivity contribution in [3.63, 3.8) is 0 Å². The van der Waals surface area contributed by atoms with Crippen LogP contribution < -0.4 is 16.0 Å². The molecule has 6 nitrogen and oxygen atoms in total. The Morgan fingerprint density at radius 2 is 1.51 bits per heavy atom. The fraction of sp³-hybridized carbons (Fsp3) is 0.160. The van der Waals surface area contributed by atoms with E-state index in [1.165, 1.54) is 31.2 Å². The molecule has 0 aromatic heterocycles. The minimum Gasteiger partial charge on any atom is -0.326 e. The number of carbonyl (C=O) groups excluding carboxylic acids is 3. The third kappa shape index (κ3) is 6.13. The summed E-state index contributed by atoms with van der Waals surface area (Å²) in [5.74, 6) is -3.53. The second-order valence-corrected chi connectivity index (χ2v) is 11.1. The van der Waals surface area contributed by atoms with E-state index >= 15 is 0 Å². The van der Waals surface area contributed by atoms with Crippen molar-refractivity contribution in [1.29, 1.82) is 0 Å². The van der Waals surface area contributed by atoms with E-state index in [0.717, 1.165) is 12.1 Å². The van der Waals surface area contributed by atoms with E-state index in [-0.39, 0.29) is 27.6 Å². The highest BCUT2D eigenvalue weighted by Crippen LogP contribution is 2.65. The lowest BCUT2D eigenvalue weighted by Crippen LogP contribution is -2.19. The van der Waals surface area contributed by atoms with Gasteiger partial charge in [0.05, 0.1) is 27.9 Å². The van der Waals surface area contributed by atoms with Crippen LogP contribution in [0, 0.1) is 11.7 Å². The number of hydrogen-bond donors (Lipinski definition) is 3. The molecule has 1 aliphatic carbocycles. The number of nitrogens with one attached hydrogen (secondary N) is 3. The summed E-state index contributed by atoms with van der Waals surface area (Å²) in [5.41, 5.74) is 1.13. The van der Waals surface area contributed by atoms with Crippen LogP contribution in [0.15, 0.2) is 54.6 Å². The van der Waals surface area contributed by atoms with Crippen LogP contribution in [0.5, 0.6) is 0 Å². The Labute approximate surface area is 236 Å². The SMILES string of the molecule is CC(=O)Nc1cc(F)ccc1NC(=O)c1cc(NC(=O)[C@H]2[C@H](c3cc(Cl)cc(Cl)c3)C2(Cl)Cl)ccc1Cl. The molecule has 3 N–H and O–H groups in total. The van der Waals surface area contributed by atoms with E-state index in [1.807, 2.05) is 0 Å². The van der Waals surface area contributed by atoms with Crippen LogP contribution in [0.2, 0.25) is 15.1 Å². The summed E-state index contributed by atoms with van der Waals surface area (Å²) in [6.07, 6.45) is 0. The molecule has 37 heavy (non-hydrogen) atoms. The first kappa shape index (κ1) is 27.5. The fourth-order valence-electron chi connectivity index (χ4n) is 3.93. The van der Waals surface area contributed by atoms with Crippen molar-refractivity contribution in [2.24, 2.45) is 5.92 Å². The molecule has 1 aliphatic rings. The Kier molecular flexibility index (Phi) is 7.93. The van der Waals surface area contributed by atoms with Crippen LogP contribution in [0.4, 0.5) is 21.5 Å². The van der Waals surface area contributed by atoms with Crippen LogP contribution >= 0.6 is 58.0 Å². The first-order valence-corrected chi connectivity index (χ1v) is 12.6. The van der Waals surface area contributed by atoms with Gasteiger partial charge in [-0.1, -0.05) is 34.8 Å². The maximum absolute atomic E-state index is 13.6. The molecule has 12 heteroatoms. The van der Waals surface area contributed by atoms with Gasteiger partial charge in [0, 0.05) is 28.6 Å². The minimum atomic E-state index is -1.38. The topological polar surface area (TPSA) is 87.3 Å². The molecule has 0 saturated heterocycles. The summed E-state index contributed by atoms with van der Waals surface area (Å²) < 4.78 is 12.3. The van der Waals surface area contributed by atoms with Crippen molar-refractivity contribution in [3.05, 3.63) is 86.6 Å². The maximum atomic E-state index is 13.6. The van der Waals surface area contributed by atoms with E-state index in [0.29, 0.717) is 15.6 Å². The van der Waals surface area contributed by atoms with Gasteiger partial charge in [-0.15, -0.1) is 23.2 Å². The van der Waals surface area contributed by atoms with Crippen molar-refractivity contribution in [2.75, 3.05) is 16.0 Å². The minimum absolute atomic E-state index is 0.0227. The first-order valence-electron chi connectivity index (χ1n) is 10.7. The summed E-state index contributed by atoms with van der Waals surface area (Å²) in [6.45, 7) is 1.25. The number of alkyl halides is 2. The highest BCUT2D eigenvalue weighted by atomic mass is 35.5. The molecule has 3 aromatic rings. The van der Waals surface area contributed by atoms with E-state index in [2.05, 4.69) is 16.0 Å². The maximum Gasteiger partial charge on any atom is 0.257 e. The van der Waals surface area contributed by atoms with Gasteiger partial charge in [0.1, 0.15) is 10.2 Å². The normalized spacial score (nSPS) is 17.6. The Morgan fingerprint density at radius 1 is 0.838 bits per heavy atom. The van der Waals surface area contributed by atoms with Crippen LogP contribution in [0.1, 0.15) is 28.8 Å². The zero-order valence-corrected chi connectivity index (χ0v) is 22.6. The van der Waals surface area contributed by atoms with E-state index in [9.17, 15) is 18.8 Å². The molecule has 0 aliphatic heterocycles. The largest absolute Gasteiger partial charge is 0.326 e. The zero-order valence-electron chi connectivity index (χ0n) is 18.8. The first-order chi connectivity index (χ1) is 17.4. The number of rotatable bonds is 6. The Hall–Kier alpha value is -2.55. The van der Waals surface area contributed by atoms with Crippen molar-refractivity contribution >= 4 is 92.8 Å². The van der Waals surface area contributed by atoms with Crippen molar-refractivity contribution in [3.8, 4) is 0 Å². The second-order valence-electron chi connectivity index (χ2n) is 8.34. The smallest absolute Gasteiger partial charge is 0.257 e. The molecule has 0 radical (unpaired) electrons. The Morgan fingerprint density at radius 3 is 2.16 bits per heavy atom. The van der Waals surface area contributed by atoms with Gasteiger partial charge >= 0.3 is 0 Å². The summed E-state index contributed by atoms with van der Waals surface area (Å²) in [4.78, 5) is 37.4. The lowest BCUT2D eigenvalue weighted by Gasteiger charge is -2.13. The summed E-state index contributed by atoms with van der Waals surface area (Å²) in [6, 6.07) is 12.6. The highest BCUT2D eigenvalue weighted by molar-refractivity contribution is 6.53. The molecule has 4 rings (SSSR count). The molecule has 3 amide bonds. The average Bonchev–Trinajstić information content (AvgIpc) is 3.38. The number of amides is 3. The van der Waals surface area contributed by atoms with Crippen LogP contribution in [-0.2, 0) is 9.59 Å². The number of halogens is 6. The van der Waals surface area contributed by atoms with Gasteiger partial charge in [-0.3, -0.25) is 14.4 Å². The van der Waals surface area contributed by atoms with Gasteiger partial charge in [-0.05, 0) is 60.2 Å². The van der Waals surface area contributed by atoms with Crippen LogP contribution in [0.25, 0.3) is 0 Å². The molecule has 1 saturated carbocycles. The van der Waals surface area contributed by atoms with E-state index < -0.39 is 39.7 Å². The monoisotopic (exact) mass is 601 g/mol. The molecule has 0 heterocycles. The molecule has 3 aromatic carbocycles. The quantitative estimate of drug-likeness (QED) is 0.255. The molecule has 1 fully saturated rings. The van der Waals surface area contributed by atoms with Crippen LogP contribution in [0.3, 0.4) is 0 Å². The van der Waals surface area contributed by atoms with Gasteiger partial charge in [0.2, 0.25) is 11.8 Å². The fourth-order valence-corrected chi connectivity index (χ4v) is 5.50. The number of carbonyl (C=O) groups is 3. The molecule has 0 unspecified atom stereocenters. The molecule has 192 valence electrons. The van der Waals surface area contributed by atoms with E-state index in [4.69, 9.17) is 58.0 Å². The Bertz CT molecular complexity index is 1410. The summed E-state index contributed by atoms with van der Waals surface area (Å²) >= 11 is 31.2. The van der Waals surface area contributed by atoms with Crippen LogP contribution in [-0.4, -0.2) is 22.1 Å². The van der Waals surface area contributed by atoms with Gasteiger partial charge in [0.15, 0.2) is 0 Å². The van der Waals surface area contributed by atoms with Crippen molar-refractivity contribution in [1.82, 2.24) is 0 Å². The number of anilines is 3. The molecular weight excluding hydrogens is 587 g/mol. The van der Waals surface area contributed by atoms with Gasteiger partial charge < -0.3 is 16.0 Å². The van der Waals surface area contributed by atoms with Crippen molar-refractivity contribution < 1.29 is 18.8 Å². The van der Waals surface area contributed by atoms with Crippen molar-refractivity contribution in [2.45, 2.75) is 17.2 Å². The third-order valence-corrected chi connectivity index (χ3v) is 7.31. The predicted molar refractivity (Wildman–Crippen MR) is 146 cm³/mol. The zero-order chi connectivity index (χ0) is 27.1. The second kappa shape index (κ2) is 10.7. The number of benzene rings is 3. The molecular formula is C25H17Cl5FN3O3. The standard InChI is InChI=1S/C25H17Cl5FN3O3/c1-11(35)32-20-9-15(31)2-5-19(20)34-23(36)17-10-16(3-4-18(17)28)33-24(37)22-21(25(22,29)30)12-6-13(26)8-14(27)7-12/h2-10,21-22H,1H3,(H,32,35)(H,33,37)(H,34,36)/t21-,22+/m0/s1. The third-order valence-electron chi connectivity index (χ3n) is 5.60. The number of hydrogen-bond acceptors (Lipinski definition) is 3. The average molecular weight is 604 g/mol. The lowest BCUT2D eigenvalue weighted by molar-refractivity contribution is -0.117. The van der Waals surface area contributed by atoms with Gasteiger partial charge in [-0.2, -0.15) is 0 Å².